The van der Waals surface area contributed by atoms with Crippen LogP contribution in [0.5, 0.6) is 5.75 Å². The van der Waals surface area contributed by atoms with Gasteiger partial charge in [0.15, 0.2) is 0 Å². The number of ether oxygens (including phenoxy) is 1. The lowest BCUT2D eigenvalue weighted by Gasteiger charge is -2.36. The summed E-state index contributed by atoms with van der Waals surface area (Å²) in [4.78, 5) is 9.10. The molecule has 1 aliphatic heterocycles. The van der Waals surface area contributed by atoms with Crippen molar-refractivity contribution in [3.63, 3.8) is 0 Å². The summed E-state index contributed by atoms with van der Waals surface area (Å²) in [6.07, 6.45) is 3.43. The van der Waals surface area contributed by atoms with Crippen LogP contribution in [0.3, 0.4) is 0 Å². The van der Waals surface area contributed by atoms with E-state index in [1.165, 1.54) is 0 Å². The fraction of sp³-hybridized carbons (Fsp3) is 0.350. The van der Waals surface area contributed by atoms with Gasteiger partial charge in [0.1, 0.15) is 5.75 Å². The fourth-order valence-corrected chi connectivity index (χ4v) is 3.50. The minimum absolute atomic E-state index is 0.385. The molecule has 1 aromatic carbocycles. The van der Waals surface area contributed by atoms with E-state index < -0.39 is 0 Å². The molecule has 7 nitrogen and oxygen atoms in total. The maximum absolute atomic E-state index is 5.77. The molecule has 0 amide bonds. The molecule has 3 aromatic rings. The molecule has 1 fully saturated rings. The number of aromatic nitrogens is 3. The van der Waals surface area contributed by atoms with Gasteiger partial charge in [0, 0.05) is 44.1 Å². The standard InChI is InChI=1S/C20H23N5O2S/c1-2-26-18-6-4-3-5-17(18)24-13-11-23(12-14-24)15-25-20(28)27-19(22-25)16-7-9-21-10-8-16/h3-10H,2,11-15H2,1H3. The topological polar surface area (TPSA) is 59.6 Å². The van der Waals surface area contributed by atoms with Crippen molar-refractivity contribution < 1.29 is 9.15 Å². The number of nitrogens with zero attached hydrogens (tertiary/aromatic N) is 5. The van der Waals surface area contributed by atoms with Gasteiger partial charge in [-0.25, -0.2) is 4.68 Å². The normalized spacial score (nSPS) is 15.0. The van der Waals surface area contributed by atoms with Crippen LogP contribution < -0.4 is 9.64 Å². The molecule has 0 bridgehead atoms. The quantitative estimate of drug-likeness (QED) is 0.591. The Morgan fingerprint density at radius 3 is 2.57 bits per heavy atom. The Hall–Kier alpha value is -2.71. The van der Waals surface area contributed by atoms with Crippen molar-refractivity contribution in [2.45, 2.75) is 13.6 Å². The van der Waals surface area contributed by atoms with Gasteiger partial charge in [-0.15, -0.1) is 5.10 Å². The molecule has 28 heavy (non-hydrogen) atoms. The molecule has 0 radical (unpaired) electrons. The van der Waals surface area contributed by atoms with E-state index in [1.807, 2.05) is 31.2 Å². The Morgan fingerprint density at radius 2 is 1.82 bits per heavy atom. The lowest BCUT2D eigenvalue weighted by Crippen LogP contribution is -2.47. The van der Waals surface area contributed by atoms with Gasteiger partial charge in [0.2, 0.25) is 5.89 Å². The average Bonchev–Trinajstić information content (AvgIpc) is 3.10. The summed E-state index contributed by atoms with van der Waals surface area (Å²) in [7, 11) is 0. The Morgan fingerprint density at radius 1 is 1.07 bits per heavy atom. The van der Waals surface area contributed by atoms with Crippen LogP contribution in [0.2, 0.25) is 0 Å². The summed E-state index contributed by atoms with van der Waals surface area (Å²) in [6.45, 7) is 6.98. The predicted molar refractivity (Wildman–Crippen MR) is 110 cm³/mol. The van der Waals surface area contributed by atoms with Crippen molar-refractivity contribution >= 4 is 17.9 Å². The largest absolute Gasteiger partial charge is 0.492 e. The van der Waals surface area contributed by atoms with Crippen molar-refractivity contribution in [3.05, 3.63) is 53.6 Å². The zero-order valence-electron chi connectivity index (χ0n) is 15.8. The third kappa shape index (κ3) is 4.07. The van der Waals surface area contributed by atoms with Crippen LogP contribution in [0.25, 0.3) is 11.5 Å². The number of para-hydroxylation sites is 2. The molecule has 146 valence electrons. The maximum Gasteiger partial charge on any atom is 0.288 e. The Labute approximate surface area is 169 Å². The zero-order chi connectivity index (χ0) is 19.3. The molecule has 3 heterocycles. The van der Waals surface area contributed by atoms with E-state index in [9.17, 15) is 0 Å². The minimum atomic E-state index is 0.385. The van der Waals surface area contributed by atoms with Gasteiger partial charge in [-0.05, 0) is 43.4 Å². The van der Waals surface area contributed by atoms with Crippen molar-refractivity contribution in [1.29, 1.82) is 0 Å². The number of hydrogen-bond donors (Lipinski definition) is 0. The molecule has 4 rings (SSSR count). The molecule has 0 spiro atoms. The monoisotopic (exact) mass is 397 g/mol. The predicted octanol–water partition coefficient (Wildman–Crippen LogP) is 3.45. The first-order valence-corrected chi connectivity index (χ1v) is 9.83. The van der Waals surface area contributed by atoms with Crippen molar-refractivity contribution in [2.75, 3.05) is 37.7 Å². The Kier molecular flexibility index (Phi) is 5.68. The first-order valence-electron chi connectivity index (χ1n) is 9.42. The number of anilines is 1. The Bertz CT molecular complexity index is 964. The maximum atomic E-state index is 5.77. The van der Waals surface area contributed by atoms with Crippen molar-refractivity contribution in [2.24, 2.45) is 0 Å². The summed E-state index contributed by atoms with van der Waals surface area (Å²) in [5.74, 6) is 1.47. The number of hydrogen-bond acceptors (Lipinski definition) is 7. The van der Waals surface area contributed by atoms with E-state index in [2.05, 4.69) is 32.0 Å². The van der Waals surface area contributed by atoms with Crippen LogP contribution in [0.1, 0.15) is 6.92 Å². The molecule has 0 saturated carbocycles. The average molecular weight is 398 g/mol. The zero-order valence-corrected chi connectivity index (χ0v) is 16.6. The Balaban J connectivity index is 1.40. The summed E-state index contributed by atoms with van der Waals surface area (Å²) in [5, 5.41) is 4.53. The van der Waals surface area contributed by atoms with Gasteiger partial charge in [-0.2, -0.15) is 0 Å². The molecule has 0 atom stereocenters. The van der Waals surface area contributed by atoms with Crippen molar-refractivity contribution in [1.82, 2.24) is 19.7 Å². The number of rotatable bonds is 6. The van der Waals surface area contributed by atoms with Crippen LogP contribution in [-0.2, 0) is 6.67 Å². The summed E-state index contributed by atoms with van der Waals surface area (Å²) < 4.78 is 13.2. The van der Waals surface area contributed by atoms with E-state index in [1.54, 1.807) is 17.1 Å². The van der Waals surface area contributed by atoms with Crippen molar-refractivity contribution in [3.8, 4) is 17.2 Å². The second-order valence-corrected chi connectivity index (χ2v) is 6.91. The third-order valence-corrected chi connectivity index (χ3v) is 5.04. The highest BCUT2D eigenvalue weighted by atomic mass is 32.1. The lowest BCUT2D eigenvalue weighted by molar-refractivity contribution is 0.191. The summed E-state index contributed by atoms with van der Waals surface area (Å²) in [6, 6.07) is 11.9. The highest BCUT2D eigenvalue weighted by molar-refractivity contribution is 7.71. The molecular formula is C20H23N5O2S. The van der Waals surface area contributed by atoms with Gasteiger partial charge in [0.05, 0.1) is 19.0 Å². The van der Waals surface area contributed by atoms with Crippen LogP contribution in [0, 0.1) is 4.84 Å². The first kappa shape index (κ1) is 18.6. The van der Waals surface area contributed by atoms with E-state index in [-0.39, 0.29) is 0 Å². The lowest BCUT2D eigenvalue weighted by atomic mass is 10.2. The highest BCUT2D eigenvalue weighted by Crippen LogP contribution is 2.29. The molecular weight excluding hydrogens is 374 g/mol. The number of piperazine rings is 1. The molecule has 1 saturated heterocycles. The third-order valence-electron chi connectivity index (χ3n) is 4.75. The van der Waals surface area contributed by atoms with Gasteiger partial charge in [-0.1, -0.05) is 12.1 Å². The van der Waals surface area contributed by atoms with Gasteiger partial charge in [0.25, 0.3) is 4.84 Å². The van der Waals surface area contributed by atoms with Crippen LogP contribution in [0.4, 0.5) is 5.69 Å². The molecule has 8 heteroatoms. The SMILES string of the molecule is CCOc1ccccc1N1CCN(Cn2nc(-c3ccncc3)oc2=S)CC1. The fourth-order valence-electron chi connectivity index (χ4n) is 3.32. The molecule has 2 aromatic heterocycles. The molecule has 0 aliphatic carbocycles. The van der Waals surface area contributed by atoms with Gasteiger partial charge >= 0.3 is 0 Å². The van der Waals surface area contributed by atoms with Crippen LogP contribution >= 0.6 is 12.2 Å². The summed E-state index contributed by atoms with van der Waals surface area (Å²) >= 11 is 5.35. The van der Waals surface area contributed by atoms with Crippen LogP contribution in [-0.4, -0.2) is 52.5 Å². The number of benzene rings is 1. The van der Waals surface area contributed by atoms with E-state index in [0.29, 0.717) is 24.0 Å². The molecule has 1 aliphatic rings. The van der Waals surface area contributed by atoms with Gasteiger partial charge < -0.3 is 14.1 Å². The minimum Gasteiger partial charge on any atom is -0.492 e. The first-order chi connectivity index (χ1) is 13.7. The molecule has 0 unspecified atom stereocenters. The number of pyridine rings is 1. The summed E-state index contributed by atoms with van der Waals surface area (Å²) in [5.41, 5.74) is 2.03. The van der Waals surface area contributed by atoms with Crippen LogP contribution in [0.15, 0.2) is 53.2 Å². The van der Waals surface area contributed by atoms with E-state index in [0.717, 1.165) is 43.2 Å². The second kappa shape index (κ2) is 8.53. The second-order valence-electron chi connectivity index (χ2n) is 6.56. The van der Waals surface area contributed by atoms with E-state index >= 15 is 0 Å². The van der Waals surface area contributed by atoms with E-state index in [4.69, 9.17) is 21.4 Å². The highest BCUT2D eigenvalue weighted by Gasteiger charge is 2.21. The molecule has 0 N–H and O–H groups in total. The smallest absolute Gasteiger partial charge is 0.288 e. The van der Waals surface area contributed by atoms with Gasteiger partial charge in [-0.3, -0.25) is 9.88 Å².